The van der Waals surface area contributed by atoms with Gasteiger partial charge in [0.15, 0.2) is 0 Å². The Morgan fingerprint density at radius 3 is 2.75 bits per heavy atom. The first-order chi connectivity index (χ1) is 7.63. The lowest BCUT2D eigenvalue weighted by Crippen LogP contribution is -2.37. The molecule has 16 heavy (non-hydrogen) atoms. The highest BCUT2D eigenvalue weighted by Crippen LogP contribution is 2.09. The third-order valence-corrected chi connectivity index (χ3v) is 2.64. The van der Waals surface area contributed by atoms with Crippen LogP contribution in [-0.2, 0) is 11.2 Å². The van der Waals surface area contributed by atoms with Crippen LogP contribution in [0.3, 0.4) is 0 Å². The van der Waals surface area contributed by atoms with E-state index >= 15 is 0 Å². The minimum Gasteiger partial charge on any atom is -0.352 e. The number of carbonyl (C=O) groups excluding carboxylic acids is 1. The molecule has 3 N–H and O–H groups in total. The molecule has 0 saturated heterocycles. The maximum Gasteiger partial charge on any atom is 0.220 e. The summed E-state index contributed by atoms with van der Waals surface area (Å²) in [6.07, 6.45) is 1.31. The fourth-order valence-electron chi connectivity index (χ4n) is 1.54. The van der Waals surface area contributed by atoms with Gasteiger partial charge in [0, 0.05) is 19.0 Å². The molecule has 0 bridgehead atoms. The van der Waals surface area contributed by atoms with Gasteiger partial charge in [-0.15, -0.1) is 0 Å². The van der Waals surface area contributed by atoms with E-state index in [0.29, 0.717) is 13.0 Å². The van der Waals surface area contributed by atoms with Crippen molar-refractivity contribution >= 4 is 5.91 Å². The Balaban J connectivity index is 2.40. The summed E-state index contributed by atoms with van der Waals surface area (Å²) in [4.78, 5) is 11.5. The zero-order valence-corrected chi connectivity index (χ0v) is 9.99. The van der Waals surface area contributed by atoms with E-state index in [1.165, 1.54) is 11.1 Å². The fraction of sp³-hybridized carbons (Fsp3) is 0.462. The molecule has 0 fully saturated rings. The minimum absolute atomic E-state index is 0.0596. The largest absolute Gasteiger partial charge is 0.352 e. The summed E-state index contributed by atoms with van der Waals surface area (Å²) < 4.78 is 0. The first kappa shape index (κ1) is 12.7. The molecule has 0 radical (unpaired) electrons. The lowest BCUT2D eigenvalue weighted by atomic mass is 10.0. The smallest absolute Gasteiger partial charge is 0.220 e. The third kappa shape index (κ3) is 4.03. The fourth-order valence-corrected chi connectivity index (χ4v) is 1.54. The maximum absolute atomic E-state index is 11.5. The molecule has 1 atom stereocenters. The number of hydrogen-bond acceptors (Lipinski definition) is 2. The van der Waals surface area contributed by atoms with E-state index < -0.39 is 0 Å². The van der Waals surface area contributed by atoms with E-state index in [9.17, 15) is 4.79 Å². The minimum atomic E-state index is 0.0596. The van der Waals surface area contributed by atoms with Crippen molar-refractivity contribution in [2.24, 2.45) is 5.73 Å². The zero-order chi connectivity index (χ0) is 12.0. The molecule has 1 amide bonds. The molecule has 0 unspecified atom stereocenters. The van der Waals surface area contributed by atoms with Crippen LogP contribution >= 0.6 is 0 Å². The van der Waals surface area contributed by atoms with Gasteiger partial charge in [-0.3, -0.25) is 4.79 Å². The predicted octanol–water partition coefficient (Wildman–Crippen LogP) is 1.39. The van der Waals surface area contributed by atoms with Gasteiger partial charge in [0.2, 0.25) is 5.91 Å². The van der Waals surface area contributed by atoms with Crippen molar-refractivity contribution in [3.05, 3.63) is 35.4 Å². The molecule has 0 aromatic heterocycles. The van der Waals surface area contributed by atoms with E-state index in [1.807, 2.05) is 19.1 Å². The molecule has 1 rings (SSSR count). The number of hydrogen-bond donors (Lipinski definition) is 2. The Labute approximate surface area is 97.0 Å². The molecule has 3 nitrogen and oxygen atoms in total. The van der Waals surface area contributed by atoms with Gasteiger partial charge in [-0.25, -0.2) is 0 Å². The summed E-state index contributed by atoms with van der Waals surface area (Å²) in [7, 11) is 0. The molecular formula is C13H20N2O. The first-order valence-electron chi connectivity index (χ1n) is 5.67. The highest BCUT2D eigenvalue weighted by Gasteiger charge is 2.06. The quantitative estimate of drug-likeness (QED) is 0.788. The summed E-state index contributed by atoms with van der Waals surface area (Å²) in [5.74, 6) is 0.0706. The molecule has 1 aromatic carbocycles. The number of amides is 1. The first-order valence-corrected chi connectivity index (χ1v) is 5.67. The van der Waals surface area contributed by atoms with Gasteiger partial charge in [0.05, 0.1) is 0 Å². The van der Waals surface area contributed by atoms with E-state index in [0.717, 1.165) is 6.42 Å². The normalized spacial score (nSPS) is 12.2. The molecule has 1 aromatic rings. The van der Waals surface area contributed by atoms with Gasteiger partial charge in [-0.05, 0) is 31.4 Å². The van der Waals surface area contributed by atoms with Gasteiger partial charge in [0.25, 0.3) is 0 Å². The Bertz CT molecular complexity index is 350. The van der Waals surface area contributed by atoms with Gasteiger partial charge < -0.3 is 11.1 Å². The summed E-state index contributed by atoms with van der Waals surface area (Å²) in [6.45, 7) is 4.46. The summed E-state index contributed by atoms with van der Waals surface area (Å²) in [5, 5.41) is 2.86. The maximum atomic E-state index is 11.5. The van der Waals surface area contributed by atoms with Crippen LogP contribution in [0, 0.1) is 6.92 Å². The van der Waals surface area contributed by atoms with Crippen molar-refractivity contribution in [3.63, 3.8) is 0 Å². The second-order valence-corrected chi connectivity index (χ2v) is 4.13. The van der Waals surface area contributed by atoms with Crippen LogP contribution in [0.4, 0.5) is 0 Å². The monoisotopic (exact) mass is 220 g/mol. The van der Waals surface area contributed by atoms with E-state index in [2.05, 4.69) is 24.4 Å². The Kier molecular flexibility index (Phi) is 4.99. The van der Waals surface area contributed by atoms with Crippen molar-refractivity contribution in [1.82, 2.24) is 5.32 Å². The molecule has 3 heteroatoms. The predicted molar refractivity (Wildman–Crippen MR) is 66.2 cm³/mol. The van der Waals surface area contributed by atoms with Crippen LogP contribution in [0.5, 0.6) is 0 Å². The van der Waals surface area contributed by atoms with Crippen LogP contribution in [0.1, 0.15) is 24.5 Å². The number of benzene rings is 1. The van der Waals surface area contributed by atoms with Crippen LogP contribution in [0.15, 0.2) is 24.3 Å². The Morgan fingerprint density at radius 1 is 1.44 bits per heavy atom. The van der Waals surface area contributed by atoms with E-state index in [-0.39, 0.29) is 11.9 Å². The molecule has 88 valence electrons. The summed E-state index contributed by atoms with van der Waals surface area (Å²) in [6, 6.07) is 8.20. The summed E-state index contributed by atoms with van der Waals surface area (Å²) >= 11 is 0. The molecule has 0 aliphatic carbocycles. The van der Waals surface area contributed by atoms with Crippen molar-refractivity contribution < 1.29 is 4.79 Å². The zero-order valence-electron chi connectivity index (χ0n) is 9.99. The number of carbonyl (C=O) groups is 1. The molecule has 0 spiro atoms. The second-order valence-electron chi connectivity index (χ2n) is 4.13. The molecule has 0 aliphatic rings. The topological polar surface area (TPSA) is 55.1 Å². The Morgan fingerprint density at radius 2 is 2.12 bits per heavy atom. The van der Waals surface area contributed by atoms with Crippen molar-refractivity contribution in [2.45, 2.75) is 32.7 Å². The highest BCUT2D eigenvalue weighted by atomic mass is 16.1. The second kappa shape index (κ2) is 6.28. The third-order valence-electron chi connectivity index (χ3n) is 2.64. The number of nitrogens with one attached hydrogen (secondary N) is 1. The molecule has 0 aliphatic heterocycles. The van der Waals surface area contributed by atoms with Gasteiger partial charge in [0.1, 0.15) is 0 Å². The van der Waals surface area contributed by atoms with Gasteiger partial charge >= 0.3 is 0 Å². The SMILES string of the molecule is Cc1ccccc1CCC(=O)N[C@H](C)CN. The van der Waals surface area contributed by atoms with Crippen LogP contribution in [0.2, 0.25) is 0 Å². The molecular weight excluding hydrogens is 200 g/mol. The lowest BCUT2D eigenvalue weighted by molar-refractivity contribution is -0.121. The van der Waals surface area contributed by atoms with Crippen LogP contribution in [0.25, 0.3) is 0 Å². The molecule has 0 saturated carbocycles. The average molecular weight is 220 g/mol. The van der Waals surface area contributed by atoms with E-state index in [1.54, 1.807) is 0 Å². The van der Waals surface area contributed by atoms with E-state index in [4.69, 9.17) is 5.73 Å². The summed E-state index contributed by atoms with van der Waals surface area (Å²) in [5.41, 5.74) is 7.91. The molecule has 0 heterocycles. The number of nitrogens with two attached hydrogens (primary N) is 1. The number of aryl methyl sites for hydroxylation is 2. The van der Waals surface area contributed by atoms with Crippen molar-refractivity contribution in [2.75, 3.05) is 6.54 Å². The van der Waals surface area contributed by atoms with Gasteiger partial charge in [-0.1, -0.05) is 24.3 Å². The standard InChI is InChI=1S/C13H20N2O/c1-10-5-3-4-6-12(10)7-8-13(16)15-11(2)9-14/h3-6,11H,7-9,14H2,1-2H3,(H,15,16)/t11-/m1/s1. The average Bonchev–Trinajstić information content (AvgIpc) is 2.28. The number of rotatable bonds is 5. The van der Waals surface area contributed by atoms with Crippen LogP contribution in [-0.4, -0.2) is 18.5 Å². The Hall–Kier alpha value is -1.35. The van der Waals surface area contributed by atoms with Crippen molar-refractivity contribution in [3.8, 4) is 0 Å². The van der Waals surface area contributed by atoms with Gasteiger partial charge in [-0.2, -0.15) is 0 Å². The lowest BCUT2D eigenvalue weighted by Gasteiger charge is -2.11. The highest BCUT2D eigenvalue weighted by molar-refractivity contribution is 5.76. The van der Waals surface area contributed by atoms with Crippen LogP contribution < -0.4 is 11.1 Å². The van der Waals surface area contributed by atoms with Crippen molar-refractivity contribution in [1.29, 1.82) is 0 Å².